The Hall–Kier alpha value is -0.0800. The van der Waals surface area contributed by atoms with Crippen molar-refractivity contribution < 1.29 is 0 Å². The van der Waals surface area contributed by atoms with Crippen molar-refractivity contribution in [2.45, 2.75) is 91.8 Å². The van der Waals surface area contributed by atoms with Crippen LogP contribution in [-0.4, -0.2) is 36.1 Å². The quantitative estimate of drug-likeness (QED) is 0.600. The Balaban J connectivity index is 4.71. The molecule has 0 aliphatic heterocycles. The first-order valence-corrected chi connectivity index (χ1v) is 8.15. The van der Waals surface area contributed by atoms with E-state index in [9.17, 15) is 0 Å². The van der Waals surface area contributed by atoms with Gasteiger partial charge in [0, 0.05) is 18.1 Å². The molecule has 0 aromatic carbocycles. The van der Waals surface area contributed by atoms with E-state index in [2.05, 4.69) is 51.8 Å². The Kier molecular flexibility index (Phi) is 10.8. The number of rotatable bonds is 11. The number of hydrogen-bond donors (Lipinski definition) is 1. The predicted molar refractivity (Wildman–Crippen MR) is 83.2 cm³/mol. The largest absolute Gasteiger partial charge is 0.312 e. The van der Waals surface area contributed by atoms with Crippen LogP contribution in [0.3, 0.4) is 0 Å². The van der Waals surface area contributed by atoms with E-state index in [1.54, 1.807) is 0 Å². The molecule has 0 radical (unpaired) electrons. The summed E-state index contributed by atoms with van der Waals surface area (Å²) in [6, 6.07) is 2.05. The van der Waals surface area contributed by atoms with Crippen molar-refractivity contribution in [3.8, 4) is 0 Å². The van der Waals surface area contributed by atoms with Crippen LogP contribution in [0.15, 0.2) is 0 Å². The molecule has 0 heterocycles. The van der Waals surface area contributed by atoms with Crippen LogP contribution >= 0.6 is 0 Å². The van der Waals surface area contributed by atoms with Crippen LogP contribution in [-0.2, 0) is 0 Å². The zero-order valence-electron chi connectivity index (χ0n) is 13.6. The Labute approximate surface area is 116 Å². The fraction of sp³-hybridized carbons (Fsp3) is 1.00. The zero-order chi connectivity index (χ0) is 14.0. The maximum atomic E-state index is 3.77. The molecule has 0 bridgehead atoms. The molecule has 18 heavy (non-hydrogen) atoms. The van der Waals surface area contributed by atoms with Crippen LogP contribution in [0.5, 0.6) is 0 Å². The normalized spacial score (nSPS) is 16.8. The molecule has 2 heteroatoms. The van der Waals surface area contributed by atoms with Gasteiger partial charge in [0.1, 0.15) is 0 Å². The summed E-state index contributed by atoms with van der Waals surface area (Å²) in [5.41, 5.74) is 0. The second kappa shape index (κ2) is 10.8. The fourth-order valence-electron chi connectivity index (χ4n) is 2.93. The first kappa shape index (κ1) is 17.9. The predicted octanol–water partition coefficient (Wildman–Crippen LogP) is 4.05. The summed E-state index contributed by atoms with van der Waals surface area (Å²) >= 11 is 0. The average molecular weight is 256 g/mol. The van der Waals surface area contributed by atoms with Crippen molar-refractivity contribution in [1.82, 2.24) is 10.2 Å². The van der Waals surface area contributed by atoms with Crippen molar-refractivity contribution in [1.29, 1.82) is 0 Å². The van der Waals surface area contributed by atoms with Gasteiger partial charge in [-0.15, -0.1) is 0 Å². The smallest absolute Gasteiger partial charge is 0.0249 e. The highest BCUT2D eigenvalue weighted by Gasteiger charge is 2.26. The van der Waals surface area contributed by atoms with Crippen LogP contribution in [0, 0.1) is 0 Å². The van der Waals surface area contributed by atoms with Gasteiger partial charge < -0.3 is 5.32 Å². The molecule has 0 aromatic heterocycles. The van der Waals surface area contributed by atoms with Crippen molar-refractivity contribution in [3.05, 3.63) is 0 Å². The van der Waals surface area contributed by atoms with Gasteiger partial charge in [-0.25, -0.2) is 0 Å². The third-order valence-corrected chi connectivity index (χ3v) is 4.09. The molecule has 0 amide bonds. The molecule has 0 spiro atoms. The van der Waals surface area contributed by atoms with E-state index in [1.807, 2.05) is 0 Å². The van der Waals surface area contributed by atoms with Gasteiger partial charge >= 0.3 is 0 Å². The van der Waals surface area contributed by atoms with Crippen LogP contribution in [0.2, 0.25) is 0 Å². The van der Waals surface area contributed by atoms with Crippen molar-refractivity contribution in [3.63, 3.8) is 0 Å². The summed E-state index contributed by atoms with van der Waals surface area (Å²) in [6.07, 6.45) is 6.30. The van der Waals surface area contributed by atoms with E-state index in [1.165, 1.54) is 38.6 Å². The van der Waals surface area contributed by atoms with Gasteiger partial charge in [-0.2, -0.15) is 0 Å². The number of nitrogens with one attached hydrogen (secondary N) is 1. The lowest BCUT2D eigenvalue weighted by Gasteiger charge is -2.40. The molecular formula is C16H36N2. The molecule has 3 unspecified atom stereocenters. The molecule has 3 atom stereocenters. The van der Waals surface area contributed by atoms with Gasteiger partial charge in [0.2, 0.25) is 0 Å². The second-order valence-electron chi connectivity index (χ2n) is 5.41. The summed E-state index contributed by atoms with van der Waals surface area (Å²) in [6.45, 7) is 16.2. The highest BCUT2D eigenvalue weighted by atomic mass is 15.2. The lowest BCUT2D eigenvalue weighted by molar-refractivity contribution is 0.108. The molecule has 110 valence electrons. The van der Waals surface area contributed by atoms with Crippen LogP contribution in [0.1, 0.15) is 73.6 Å². The molecule has 0 aromatic rings. The average Bonchev–Trinajstić information content (AvgIpc) is 2.40. The third-order valence-electron chi connectivity index (χ3n) is 4.09. The van der Waals surface area contributed by atoms with E-state index >= 15 is 0 Å². The lowest BCUT2D eigenvalue weighted by atomic mass is 9.97. The third kappa shape index (κ3) is 5.71. The molecule has 0 saturated heterocycles. The monoisotopic (exact) mass is 256 g/mol. The van der Waals surface area contributed by atoms with Gasteiger partial charge in [0.05, 0.1) is 0 Å². The molecule has 0 aliphatic carbocycles. The van der Waals surface area contributed by atoms with Crippen molar-refractivity contribution in [2.75, 3.05) is 13.1 Å². The summed E-state index contributed by atoms with van der Waals surface area (Å²) in [5, 5.41) is 3.77. The number of nitrogens with zero attached hydrogens (tertiary/aromatic N) is 1. The maximum Gasteiger partial charge on any atom is 0.0249 e. The molecule has 1 N–H and O–H groups in total. The Bertz CT molecular complexity index is 182. The maximum absolute atomic E-state index is 3.77. The topological polar surface area (TPSA) is 15.3 Å². The Morgan fingerprint density at radius 3 is 2.00 bits per heavy atom. The lowest BCUT2D eigenvalue weighted by Crippen LogP contribution is -2.52. The Morgan fingerprint density at radius 2 is 1.61 bits per heavy atom. The highest BCUT2D eigenvalue weighted by Crippen LogP contribution is 2.18. The van der Waals surface area contributed by atoms with Gasteiger partial charge in [-0.05, 0) is 45.7 Å². The minimum absolute atomic E-state index is 0.661. The van der Waals surface area contributed by atoms with Gasteiger partial charge in [-0.1, -0.05) is 41.0 Å². The standard InChI is InChI=1S/C16H36N2/c1-7-12-15(17-13-8-2)16(10-4)18(11-5)14(6)9-3/h14-17H,7-13H2,1-6H3. The molecule has 0 rings (SSSR count). The van der Waals surface area contributed by atoms with Gasteiger partial charge in [-0.3, -0.25) is 4.90 Å². The first-order chi connectivity index (χ1) is 8.65. The molecular weight excluding hydrogens is 220 g/mol. The summed E-state index contributed by atoms with van der Waals surface area (Å²) in [5.74, 6) is 0. The van der Waals surface area contributed by atoms with Crippen molar-refractivity contribution in [2.24, 2.45) is 0 Å². The molecule has 2 nitrogen and oxygen atoms in total. The van der Waals surface area contributed by atoms with Crippen LogP contribution in [0.4, 0.5) is 0 Å². The van der Waals surface area contributed by atoms with E-state index in [4.69, 9.17) is 0 Å². The Morgan fingerprint density at radius 1 is 0.944 bits per heavy atom. The van der Waals surface area contributed by atoms with E-state index in [-0.39, 0.29) is 0 Å². The van der Waals surface area contributed by atoms with Crippen LogP contribution < -0.4 is 5.32 Å². The first-order valence-electron chi connectivity index (χ1n) is 8.15. The SMILES string of the molecule is CCCNC(CCC)C(CC)N(CC)C(C)CC. The van der Waals surface area contributed by atoms with Crippen molar-refractivity contribution >= 4 is 0 Å². The number of hydrogen-bond acceptors (Lipinski definition) is 2. The molecule has 0 saturated carbocycles. The summed E-state index contributed by atoms with van der Waals surface area (Å²) in [4.78, 5) is 2.70. The minimum Gasteiger partial charge on any atom is -0.312 e. The van der Waals surface area contributed by atoms with E-state index < -0.39 is 0 Å². The summed E-state index contributed by atoms with van der Waals surface area (Å²) in [7, 11) is 0. The highest BCUT2D eigenvalue weighted by molar-refractivity contribution is 4.85. The van der Waals surface area contributed by atoms with Gasteiger partial charge in [0.25, 0.3) is 0 Å². The van der Waals surface area contributed by atoms with Crippen LogP contribution in [0.25, 0.3) is 0 Å². The molecule has 0 aliphatic rings. The van der Waals surface area contributed by atoms with E-state index in [0.717, 1.165) is 6.54 Å². The number of likely N-dealkylation sites (N-methyl/N-ethyl adjacent to an activating group) is 1. The fourth-order valence-corrected chi connectivity index (χ4v) is 2.93. The summed E-state index contributed by atoms with van der Waals surface area (Å²) < 4.78 is 0. The zero-order valence-corrected chi connectivity index (χ0v) is 13.6. The second-order valence-corrected chi connectivity index (χ2v) is 5.41. The molecule has 0 fully saturated rings. The minimum atomic E-state index is 0.661. The van der Waals surface area contributed by atoms with E-state index in [0.29, 0.717) is 18.1 Å². The van der Waals surface area contributed by atoms with Gasteiger partial charge in [0.15, 0.2) is 0 Å².